The molecule has 0 aliphatic carbocycles. The Morgan fingerprint density at radius 2 is 2.00 bits per heavy atom. The number of hydrogen-bond acceptors (Lipinski definition) is 6. The third-order valence-corrected chi connectivity index (χ3v) is 1.53. The Balaban J connectivity index is 2.25. The van der Waals surface area contributed by atoms with Gasteiger partial charge in [0.05, 0.1) is 0 Å². The number of nitrogens with zero attached hydrogens (tertiary/aromatic N) is 5. The predicted octanol–water partition coefficient (Wildman–Crippen LogP) is -0.166. The van der Waals surface area contributed by atoms with Crippen LogP contribution in [0.2, 0.25) is 0 Å². The van der Waals surface area contributed by atoms with E-state index in [0.717, 1.165) is 5.69 Å². The first-order valence-corrected chi connectivity index (χ1v) is 3.97. The van der Waals surface area contributed by atoms with Gasteiger partial charge in [0.1, 0.15) is 12.7 Å². The number of nitrogens with two attached hydrogens (primary N) is 1. The molecule has 0 bridgehead atoms. The fourth-order valence-electron chi connectivity index (χ4n) is 1.04. The van der Waals surface area contributed by atoms with Gasteiger partial charge in [0.25, 0.3) is 0 Å². The number of aromatic nitrogens is 5. The highest BCUT2D eigenvalue weighted by Gasteiger charge is 1.98. The average molecular weight is 191 g/mol. The highest BCUT2D eigenvalue weighted by Crippen LogP contribution is 2.06. The predicted molar refractivity (Wildman–Crippen MR) is 50.2 cm³/mol. The summed E-state index contributed by atoms with van der Waals surface area (Å²) in [5, 5.41) is 7.28. The second kappa shape index (κ2) is 3.29. The van der Waals surface area contributed by atoms with Gasteiger partial charge in [-0.3, -0.25) is 5.43 Å². The smallest absolute Gasteiger partial charge is 0.222 e. The third kappa shape index (κ3) is 1.76. The molecule has 2 heterocycles. The van der Waals surface area contributed by atoms with E-state index in [0.29, 0.717) is 5.82 Å². The van der Waals surface area contributed by atoms with Crippen molar-refractivity contribution in [2.75, 3.05) is 11.2 Å². The normalized spacial score (nSPS) is 10.1. The van der Waals surface area contributed by atoms with Crippen molar-refractivity contribution in [1.29, 1.82) is 0 Å². The van der Waals surface area contributed by atoms with Crippen LogP contribution in [0.4, 0.5) is 11.8 Å². The fourth-order valence-corrected chi connectivity index (χ4v) is 1.04. The second-order valence-electron chi connectivity index (χ2n) is 2.73. The molecule has 0 aliphatic heterocycles. The topological polar surface area (TPSA) is 94.5 Å². The lowest BCUT2D eigenvalue weighted by molar-refractivity contribution is 0.929. The summed E-state index contributed by atoms with van der Waals surface area (Å²) < 4.78 is 1.57. The van der Waals surface area contributed by atoms with E-state index in [1.165, 1.54) is 12.7 Å². The fraction of sp³-hybridized carbons (Fsp3) is 0.143. The van der Waals surface area contributed by atoms with Crippen molar-refractivity contribution in [3.63, 3.8) is 0 Å². The Labute approximate surface area is 80.0 Å². The largest absolute Gasteiger partial charge is 0.368 e. The van der Waals surface area contributed by atoms with Crippen LogP contribution in [0.25, 0.3) is 0 Å². The van der Waals surface area contributed by atoms with Crippen LogP contribution in [0.1, 0.15) is 5.69 Å². The van der Waals surface area contributed by atoms with Crippen molar-refractivity contribution >= 4 is 11.8 Å². The molecule has 0 spiro atoms. The quantitative estimate of drug-likeness (QED) is 0.684. The number of nitrogens with one attached hydrogen (secondary N) is 1. The van der Waals surface area contributed by atoms with Gasteiger partial charge in [0.2, 0.25) is 5.95 Å². The van der Waals surface area contributed by atoms with Crippen LogP contribution < -0.4 is 11.2 Å². The summed E-state index contributed by atoms with van der Waals surface area (Å²) in [5.41, 5.74) is 9.21. The number of nitrogen functional groups attached to an aromatic ring is 1. The van der Waals surface area contributed by atoms with Crippen molar-refractivity contribution in [2.24, 2.45) is 0 Å². The average Bonchev–Trinajstić information content (AvgIpc) is 2.54. The zero-order valence-corrected chi connectivity index (χ0v) is 7.55. The summed E-state index contributed by atoms with van der Waals surface area (Å²) >= 11 is 0. The molecule has 7 heteroatoms. The van der Waals surface area contributed by atoms with E-state index in [9.17, 15) is 0 Å². The van der Waals surface area contributed by atoms with Crippen LogP contribution in [0.3, 0.4) is 0 Å². The zero-order chi connectivity index (χ0) is 9.97. The molecule has 7 nitrogen and oxygen atoms in total. The second-order valence-corrected chi connectivity index (χ2v) is 2.73. The van der Waals surface area contributed by atoms with Gasteiger partial charge < -0.3 is 5.73 Å². The molecule has 14 heavy (non-hydrogen) atoms. The van der Waals surface area contributed by atoms with E-state index in [1.807, 2.05) is 6.92 Å². The van der Waals surface area contributed by atoms with Gasteiger partial charge in [-0.15, -0.1) is 10.2 Å². The Bertz CT molecular complexity index is 401. The molecule has 0 saturated carbocycles. The lowest BCUT2D eigenvalue weighted by atomic mass is 10.4. The summed E-state index contributed by atoms with van der Waals surface area (Å²) in [4.78, 5) is 7.94. The van der Waals surface area contributed by atoms with Crippen LogP contribution in [0.5, 0.6) is 0 Å². The molecule has 2 aromatic heterocycles. The van der Waals surface area contributed by atoms with E-state index in [4.69, 9.17) is 5.73 Å². The van der Waals surface area contributed by atoms with Gasteiger partial charge in [-0.25, -0.2) is 9.66 Å². The molecule has 72 valence electrons. The molecule has 2 rings (SSSR count). The summed E-state index contributed by atoms with van der Waals surface area (Å²) in [6, 6.07) is 1.77. The standard InChI is InChI=1S/C7H9N7/c1-5-2-6(12-7(8)11-5)13-14-3-9-10-4-14/h2-4H,1H3,(H3,8,11,12,13). The first-order valence-electron chi connectivity index (χ1n) is 3.97. The van der Waals surface area contributed by atoms with Gasteiger partial charge >= 0.3 is 0 Å². The maximum atomic E-state index is 5.49. The Kier molecular flexibility index (Phi) is 1.98. The molecule has 0 saturated heterocycles. The lowest BCUT2D eigenvalue weighted by Crippen LogP contribution is -2.09. The first kappa shape index (κ1) is 8.42. The van der Waals surface area contributed by atoms with Crippen molar-refractivity contribution in [3.8, 4) is 0 Å². The summed E-state index contributed by atoms with van der Waals surface area (Å²) in [5.74, 6) is 0.843. The highest BCUT2D eigenvalue weighted by molar-refractivity contribution is 5.39. The van der Waals surface area contributed by atoms with Crippen molar-refractivity contribution < 1.29 is 0 Å². The molecule has 0 unspecified atom stereocenters. The molecule has 0 amide bonds. The Morgan fingerprint density at radius 1 is 1.29 bits per heavy atom. The van der Waals surface area contributed by atoms with Crippen LogP contribution in [-0.4, -0.2) is 24.8 Å². The minimum atomic E-state index is 0.237. The SMILES string of the molecule is Cc1cc(Nn2cnnc2)nc(N)n1. The molecule has 0 atom stereocenters. The molecule has 2 aromatic rings. The van der Waals surface area contributed by atoms with Gasteiger partial charge in [0, 0.05) is 11.8 Å². The number of rotatable bonds is 2. The van der Waals surface area contributed by atoms with Crippen LogP contribution in [0.15, 0.2) is 18.7 Å². The summed E-state index contributed by atoms with van der Waals surface area (Å²) in [7, 11) is 0. The zero-order valence-electron chi connectivity index (χ0n) is 7.55. The van der Waals surface area contributed by atoms with E-state index in [-0.39, 0.29) is 5.95 Å². The van der Waals surface area contributed by atoms with E-state index in [2.05, 4.69) is 25.6 Å². The van der Waals surface area contributed by atoms with Crippen LogP contribution in [-0.2, 0) is 0 Å². The summed E-state index contributed by atoms with van der Waals surface area (Å²) in [6.07, 6.45) is 3.04. The third-order valence-electron chi connectivity index (χ3n) is 1.53. The van der Waals surface area contributed by atoms with E-state index in [1.54, 1.807) is 10.7 Å². The molecule has 0 aromatic carbocycles. The van der Waals surface area contributed by atoms with Gasteiger partial charge in [-0.1, -0.05) is 0 Å². The molecular weight excluding hydrogens is 182 g/mol. The Hall–Kier alpha value is -2.18. The van der Waals surface area contributed by atoms with E-state index < -0.39 is 0 Å². The molecule has 0 fully saturated rings. The highest BCUT2D eigenvalue weighted by atomic mass is 15.5. The molecule has 3 N–H and O–H groups in total. The number of anilines is 2. The van der Waals surface area contributed by atoms with Crippen LogP contribution >= 0.6 is 0 Å². The molecular formula is C7H9N7. The minimum absolute atomic E-state index is 0.237. The van der Waals surface area contributed by atoms with Gasteiger partial charge in [-0.2, -0.15) is 4.98 Å². The maximum absolute atomic E-state index is 5.49. The number of hydrogen-bond donors (Lipinski definition) is 2. The van der Waals surface area contributed by atoms with E-state index >= 15 is 0 Å². The first-order chi connectivity index (χ1) is 6.74. The molecule has 0 radical (unpaired) electrons. The Morgan fingerprint density at radius 3 is 2.64 bits per heavy atom. The van der Waals surface area contributed by atoms with Crippen LogP contribution in [0, 0.1) is 6.92 Å². The molecule has 0 aliphatic rings. The van der Waals surface area contributed by atoms with Gasteiger partial charge in [-0.05, 0) is 6.92 Å². The monoisotopic (exact) mass is 191 g/mol. The van der Waals surface area contributed by atoms with Crippen molar-refractivity contribution in [3.05, 3.63) is 24.4 Å². The maximum Gasteiger partial charge on any atom is 0.222 e. The summed E-state index contributed by atoms with van der Waals surface area (Å²) in [6.45, 7) is 1.84. The lowest BCUT2D eigenvalue weighted by Gasteiger charge is -2.05. The minimum Gasteiger partial charge on any atom is -0.368 e. The van der Waals surface area contributed by atoms with Gasteiger partial charge in [0.15, 0.2) is 5.82 Å². The van der Waals surface area contributed by atoms with Crippen molar-refractivity contribution in [2.45, 2.75) is 6.92 Å². The number of aryl methyl sites for hydroxylation is 1. The van der Waals surface area contributed by atoms with Crippen molar-refractivity contribution in [1.82, 2.24) is 24.8 Å².